The number of hydrogen-bond acceptors (Lipinski definition) is 3. The molecule has 0 atom stereocenters. The average molecular weight is 264 g/mol. The molecule has 0 aliphatic carbocycles. The van der Waals surface area contributed by atoms with Gasteiger partial charge in [0.15, 0.2) is 0 Å². The van der Waals surface area contributed by atoms with Gasteiger partial charge in [0.25, 0.3) is 0 Å². The van der Waals surface area contributed by atoms with Gasteiger partial charge in [-0.15, -0.1) is 11.8 Å². The molecule has 1 heterocycles. The Bertz CT molecular complexity index is 488. The number of nitrogens with zero attached hydrogens (tertiary/aromatic N) is 1. The fourth-order valence-electron chi connectivity index (χ4n) is 1.79. The van der Waals surface area contributed by atoms with E-state index in [0.29, 0.717) is 18.8 Å². The third kappa shape index (κ3) is 2.85. The zero-order valence-corrected chi connectivity index (χ0v) is 11.3. The van der Waals surface area contributed by atoms with Crippen LogP contribution in [0.15, 0.2) is 23.1 Å². The number of amides is 3. The first-order valence-corrected chi connectivity index (χ1v) is 6.85. The van der Waals surface area contributed by atoms with E-state index in [-0.39, 0.29) is 11.9 Å². The highest BCUT2D eigenvalue weighted by Crippen LogP contribution is 2.23. The van der Waals surface area contributed by atoms with E-state index in [4.69, 9.17) is 0 Å². The largest absolute Gasteiger partial charge is 0.336 e. The number of carbonyl (C=O) groups is 2. The van der Waals surface area contributed by atoms with Crippen molar-refractivity contribution in [3.05, 3.63) is 29.3 Å². The van der Waals surface area contributed by atoms with E-state index in [1.54, 1.807) is 0 Å². The number of nitrogens with one attached hydrogen (secondary N) is 1. The number of aryl methyl sites for hydroxylation is 2. The van der Waals surface area contributed by atoms with Crippen LogP contribution in [0.5, 0.6) is 0 Å². The molecule has 5 heteroatoms. The molecule has 3 amide bonds. The van der Waals surface area contributed by atoms with Crippen molar-refractivity contribution in [2.24, 2.45) is 0 Å². The molecule has 0 radical (unpaired) electrons. The Hall–Kier alpha value is -1.49. The molecule has 0 saturated carbocycles. The second-order valence-electron chi connectivity index (χ2n) is 4.33. The summed E-state index contributed by atoms with van der Waals surface area (Å²) in [6.07, 6.45) is 0. The van der Waals surface area contributed by atoms with Crippen LogP contribution in [-0.2, 0) is 4.79 Å². The van der Waals surface area contributed by atoms with E-state index in [1.807, 2.05) is 19.9 Å². The van der Waals surface area contributed by atoms with Crippen LogP contribution in [-0.4, -0.2) is 35.7 Å². The quantitative estimate of drug-likeness (QED) is 0.849. The summed E-state index contributed by atoms with van der Waals surface area (Å²) in [6.45, 7) is 5.08. The van der Waals surface area contributed by atoms with Gasteiger partial charge >= 0.3 is 6.03 Å². The molecule has 1 aliphatic heterocycles. The van der Waals surface area contributed by atoms with Gasteiger partial charge in [-0.2, -0.15) is 0 Å². The van der Waals surface area contributed by atoms with E-state index in [0.717, 1.165) is 10.5 Å². The fraction of sp³-hybridized carbons (Fsp3) is 0.385. The highest BCUT2D eigenvalue weighted by Gasteiger charge is 2.25. The highest BCUT2D eigenvalue weighted by atomic mass is 32.2. The molecular weight excluding hydrogens is 248 g/mol. The zero-order valence-electron chi connectivity index (χ0n) is 10.5. The molecule has 1 aromatic rings. The van der Waals surface area contributed by atoms with Gasteiger partial charge < -0.3 is 5.32 Å². The third-order valence-corrected chi connectivity index (χ3v) is 3.99. The van der Waals surface area contributed by atoms with Crippen molar-refractivity contribution in [3.63, 3.8) is 0 Å². The number of benzene rings is 1. The van der Waals surface area contributed by atoms with Gasteiger partial charge in [0.2, 0.25) is 5.91 Å². The standard InChI is InChI=1S/C13H16N2O2S/c1-9-3-4-10(2)11(7-9)18-8-12(16)15-6-5-14-13(15)17/h3-4,7H,5-6,8H2,1-2H3,(H,14,17). The highest BCUT2D eigenvalue weighted by molar-refractivity contribution is 8.00. The van der Waals surface area contributed by atoms with Crippen LogP contribution in [0.2, 0.25) is 0 Å². The van der Waals surface area contributed by atoms with Gasteiger partial charge in [-0.05, 0) is 25.5 Å². The SMILES string of the molecule is Cc1ccc(C)c(SCC(=O)N2CCNC2=O)c1. The summed E-state index contributed by atoms with van der Waals surface area (Å²) >= 11 is 1.49. The summed E-state index contributed by atoms with van der Waals surface area (Å²) in [5, 5.41) is 2.63. The van der Waals surface area contributed by atoms with Crippen molar-refractivity contribution in [3.8, 4) is 0 Å². The lowest BCUT2D eigenvalue weighted by atomic mass is 10.2. The number of hydrogen-bond donors (Lipinski definition) is 1. The van der Waals surface area contributed by atoms with Crippen molar-refractivity contribution in [1.82, 2.24) is 10.2 Å². The molecule has 1 N–H and O–H groups in total. The van der Waals surface area contributed by atoms with E-state index < -0.39 is 0 Å². The van der Waals surface area contributed by atoms with Gasteiger partial charge in [-0.1, -0.05) is 17.7 Å². The minimum absolute atomic E-state index is 0.129. The lowest BCUT2D eigenvalue weighted by Crippen LogP contribution is -2.35. The van der Waals surface area contributed by atoms with E-state index >= 15 is 0 Å². The maximum absolute atomic E-state index is 11.9. The molecule has 0 spiro atoms. The Balaban J connectivity index is 1.97. The molecule has 1 aromatic carbocycles. The third-order valence-electron chi connectivity index (χ3n) is 2.85. The summed E-state index contributed by atoms with van der Waals surface area (Å²) in [4.78, 5) is 25.6. The van der Waals surface area contributed by atoms with E-state index in [2.05, 4.69) is 17.4 Å². The molecule has 18 heavy (non-hydrogen) atoms. The second-order valence-corrected chi connectivity index (χ2v) is 5.35. The molecule has 0 bridgehead atoms. The summed E-state index contributed by atoms with van der Waals surface area (Å²) in [5.41, 5.74) is 2.33. The lowest BCUT2D eigenvalue weighted by molar-refractivity contribution is -0.124. The predicted octanol–water partition coefficient (Wildman–Crippen LogP) is 1.95. The topological polar surface area (TPSA) is 49.4 Å². The molecule has 1 fully saturated rings. The maximum Gasteiger partial charge on any atom is 0.324 e. The number of rotatable bonds is 3. The number of thioether (sulfide) groups is 1. The Morgan fingerprint density at radius 3 is 2.89 bits per heavy atom. The number of carbonyl (C=O) groups excluding carboxylic acids is 2. The second kappa shape index (κ2) is 5.44. The van der Waals surface area contributed by atoms with Crippen LogP contribution in [0, 0.1) is 13.8 Å². The van der Waals surface area contributed by atoms with Crippen LogP contribution in [0.1, 0.15) is 11.1 Å². The van der Waals surface area contributed by atoms with E-state index in [1.165, 1.54) is 22.2 Å². The van der Waals surface area contributed by atoms with Crippen LogP contribution in [0.25, 0.3) is 0 Å². The summed E-state index contributed by atoms with van der Waals surface area (Å²) < 4.78 is 0. The summed E-state index contributed by atoms with van der Waals surface area (Å²) in [5.74, 6) is 0.174. The van der Waals surface area contributed by atoms with Crippen LogP contribution < -0.4 is 5.32 Å². The first kappa shape index (κ1) is 13.0. The molecule has 96 valence electrons. The lowest BCUT2D eigenvalue weighted by Gasteiger charge is -2.12. The minimum atomic E-state index is -0.276. The number of imide groups is 1. The monoisotopic (exact) mass is 264 g/mol. The molecule has 0 aromatic heterocycles. The Labute approximate surface area is 111 Å². The zero-order chi connectivity index (χ0) is 13.1. The molecule has 1 aliphatic rings. The summed E-state index contributed by atoms with van der Waals surface area (Å²) in [6, 6.07) is 5.89. The van der Waals surface area contributed by atoms with Crippen LogP contribution in [0.3, 0.4) is 0 Å². The van der Waals surface area contributed by atoms with Crippen molar-refractivity contribution in [2.45, 2.75) is 18.7 Å². The molecule has 0 unspecified atom stereocenters. The Morgan fingerprint density at radius 1 is 1.44 bits per heavy atom. The minimum Gasteiger partial charge on any atom is -0.336 e. The maximum atomic E-state index is 11.9. The van der Waals surface area contributed by atoms with Gasteiger partial charge in [0.05, 0.1) is 5.75 Å². The van der Waals surface area contributed by atoms with Gasteiger partial charge in [0, 0.05) is 18.0 Å². The molecule has 1 saturated heterocycles. The first-order chi connectivity index (χ1) is 8.58. The van der Waals surface area contributed by atoms with Crippen LogP contribution in [0.4, 0.5) is 4.79 Å². The smallest absolute Gasteiger partial charge is 0.324 e. The number of urea groups is 1. The summed E-state index contributed by atoms with van der Waals surface area (Å²) in [7, 11) is 0. The van der Waals surface area contributed by atoms with E-state index in [9.17, 15) is 9.59 Å². The molecular formula is C13H16N2O2S. The predicted molar refractivity (Wildman–Crippen MR) is 71.8 cm³/mol. The first-order valence-electron chi connectivity index (χ1n) is 5.86. The fourth-order valence-corrected chi connectivity index (χ4v) is 2.79. The van der Waals surface area contributed by atoms with Gasteiger partial charge in [-0.3, -0.25) is 9.69 Å². The van der Waals surface area contributed by atoms with Crippen LogP contribution >= 0.6 is 11.8 Å². The Kier molecular flexibility index (Phi) is 3.91. The normalized spacial score (nSPS) is 14.8. The van der Waals surface area contributed by atoms with Gasteiger partial charge in [0.1, 0.15) is 0 Å². The van der Waals surface area contributed by atoms with Crippen molar-refractivity contribution in [1.29, 1.82) is 0 Å². The average Bonchev–Trinajstić information content (AvgIpc) is 2.76. The molecule has 4 nitrogen and oxygen atoms in total. The van der Waals surface area contributed by atoms with Gasteiger partial charge in [-0.25, -0.2) is 4.79 Å². The van der Waals surface area contributed by atoms with Crippen molar-refractivity contribution >= 4 is 23.7 Å². The Morgan fingerprint density at radius 2 is 2.22 bits per heavy atom. The van der Waals surface area contributed by atoms with Crippen molar-refractivity contribution in [2.75, 3.05) is 18.8 Å². The molecule has 2 rings (SSSR count). The van der Waals surface area contributed by atoms with Crippen molar-refractivity contribution < 1.29 is 9.59 Å².